The summed E-state index contributed by atoms with van der Waals surface area (Å²) in [7, 11) is 0. The van der Waals surface area contributed by atoms with Crippen molar-refractivity contribution in [3.05, 3.63) is 20.8 Å². The van der Waals surface area contributed by atoms with E-state index in [1.165, 1.54) is 0 Å². The second kappa shape index (κ2) is 7.04. The molecule has 0 aliphatic carbocycles. The summed E-state index contributed by atoms with van der Waals surface area (Å²) in [6.07, 6.45) is 2.66. The quantitative estimate of drug-likeness (QED) is 0.813. The summed E-state index contributed by atoms with van der Waals surface area (Å²) in [5, 5.41) is 12.1. The van der Waals surface area contributed by atoms with Crippen LogP contribution in [0.3, 0.4) is 0 Å². The molecular formula is C11H16BrNO2S. The fourth-order valence-electron chi connectivity index (χ4n) is 1.39. The average molecular weight is 306 g/mol. The van der Waals surface area contributed by atoms with Gasteiger partial charge in [-0.15, -0.1) is 11.3 Å². The molecule has 1 atom stereocenters. The lowest BCUT2D eigenvalue weighted by Crippen LogP contribution is -2.35. The molecule has 2 N–H and O–H groups in total. The fourth-order valence-corrected chi connectivity index (χ4v) is 2.83. The van der Waals surface area contributed by atoms with Crippen molar-refractivity contribution in [2.45, 2.75) is 38.8 Å². The predicted molar refractivity (Wildman–Crippen MR) is 69.8 cm³/mol. The number of hydrogen-bond donors (Lipinski definition) is 2. The normalized spacial score (nSPS) is 12.6. The summed E-state index contributed by atoms with van der Waals surface area (Å²) >= 11 is 5.01. The largest absolute Gasteiger partial charge is 0.480 e. The molecule has 0 spiro atoms. The zero-order chi connectivity index (χ0) is 12.0. The highest BCUT2D eigenvalue weighted by Gasteiger charge is 2.15. The summed E-state index contributed by atoms with van der Waals surface area (Å²) in [6, 6.07) is 3.55. The van der Waals surface area contributed by atoms with Gasteiger partial charge in [0.2, 0.25) is 0 Å². The molecule has 0 radical (unpaired) electrons. The summed E-state index contributed by atoms with van der Waals surface area (Å²) < 4.78 is 1.07. The third kappa shape index (κ3) is 4.63. The lowest BCUT2D eigenvalue weighted by molar-refractivity contribution is -0.139. The second-order valence-electron chi connectivity index (χ2n) is 3.62. The minimum Gasteiger partial charge on any atom is -0.480 e. The first-order valence-corrected chi connectivity index (χ1v) is 6.94. The number of hydrogen-bond acceptors (Lipinski definition) is 3. The van der Waals surface area contributed by atoms with Crippen LogP contribution in [0.2, 0.25) is 0 Å². The molecule has 0 aliphatic rings. The molecule has 5 heteroatoms. The van der Waals surface area contributed by atoms with Gasteiger partial charge in [-0.25, -0.2) is 0 Å². The van der Waals surface area contributed by atoms with Crippen LogP contribution in [0.4, 0.5) is 0 Å². The first kappa shape index (κ1) is 13.7. The van der Waals surface area contributed by atoms with Crippen LogP contribution in [0.1, 0.15) is 31.1 Å². The lowest BCUT2D eigenvalue weighted by Gasteiger charge is -2.12. The molecule has 16 heavy (non-hydrogen) atoms. The Morgan fingerprint density at radius 3 is 2.88 bits per heavy atom. The van der Waals surface area contributed by atoms with Gasteiger partial charge in [0, 0.05) is 11.4 Å². The van der Waals surface area contributed by atoms with E-state index >= 15 is 0 Å². The van der Waals surface area contributed by atoms with Crippen LogP contribution in [-0.2, 0) is 11.3 Å². The second-order valence-corrected chi connectivity index (χ2v) is 6.17. The number of halogens is 1. The first-order chi connectivity index (χ1) is 7.63. The summed E-state index contributed by atoms with van der Waals surface area (Å²) in [6.45, 7) is 2.69. The smallest absolute Gasteiger partial charge is 0.320 e. The average Bonchev–Trinajstić information content (AvgIpc) is 2.64. The van der Waals surface area contributed by atoms with Crippen molar-refractivity contribution in [2.24, 2.45) is 0 Å². The third-order valence-corrected chi connectivity index (χ3v) is 3.92. The highest BCUT2D eigenvalue weighted by Crippen LogP contribution is 2.21. The van der Waals surface area contributed by atoms with Crippen LogP contribution in [0, 0.1) is 0 Å². The van der Waals surface area contributed by atoms with Crippen molar-refractivity contribution in [1.82, 2.24) is 5.32 Å². The molecule has 0 unspecified atom stereocenters. The van der Waals surface area contributed by atoms with Crippen molar-refractivity contribution in [3.63, 3.8) is 0 Å². The summed E-state index contributed by atoms with van der Waals surface area (Å²) in [5.74, 6) is -0.760. The Labute approximate surface area is 108 Å². The van der Waals surface area contributed by atoms with E-state index in [9.17, 15) is 4.79 Å². The maximum absolute atomic E-state index is 11.0. The topological polar surface area (TPSA) is 49.3 Å². The molecule has 0 saturated carbocycles. The van der Waals surface area contributed by atoms with Crippen LogP contribution < -0.4 is 5.32 Å². The standard InChI is InChI=1S/C11H16BrNO2S/c1-2-3-4-9(11(14)15)13-7-8-5-6-10(12)16-8/h5-6,9,13H,2-4,7H2,1H3,(H,14,15)/t9-/m0/s1. The fraction of sp³-hybridized carbons (Fsp3) is 0.545. The molecule has 1 rings (SSSR count). The van der Waals surface area contributed by atoms with Gasteiger partial charge in [0.1, 0.15) is 6.04 Å². The van der Waals surface area contributed by atoms with Crippen molar-refractivity contribution in [2.75, 3.05) is 0 Å². The number of carboxylic acid groups (broad SMARTS) is 1. The molecule has 1 aromatic rings. The van der Waals surface area contributed by atoms with Crippen molar-refractivity contribution >= 4 is 33.2 Å². The number of aliphatic carboxylic acids is 1. The summed E-state index contributed by atoms with van der Waals surface area (Å²) in [4.78, 5) is 12.1. The highest BCUT2D eigenvalue weighted by atomic mass is 79.9. The number of nitrogens with one attached hydrogen (secondary N) is 1. The van der Waals surface area contributed by atoms with Gasteiger partial charge in [0.05, 0.1) is 3.79 Å². The molecule has 0 fully saturated rings. The SMILES string of the molecule is CCCC[C@H](NCc1ccc(Br)s1)C(=O)O. The molecule has 3 nitrogen and oxygen atoms in total. The zero-order valence-corrected chi connectivity index (χ0v) is 11.6. The van der Waals surface area contributed by atoms with Gasteiger partial charge < -0.3 is 5.11 Å². The molecule has 90 valence electrons. The molecule has 0 bridgehead atoms. The van der Waals surface area contributed by atoms with E-state index in [1.54, 1.807) is 11.3 Å². The van der Waals surface area contributed by atoms with Crippen molar-refractivity contribution in [3.8, 4) is 0 Å². The first-order valence-electron chi connectivity index (χ1n) is 5.34. The van der Waals surface area contributed by atoms with Gasteiger partial charge in [0.25, 0.3) is 0 Å². The maximum Gasteiger partial charge on any atom is 0.320 e. The molecular weight excluding hydrogens is 290 g/mol. The molecule has 1 aromatic heterocycles. The van der Waals surface area contributed by atoms with Gasteiger partial charge in [0.15, 0.2) is 0 Å². The Morgan fingerprint density at radius 2 is 2.38 bits per heavy atom. The van der Waals surface area contributed by atoms with E-state index in [4.69, 9.17) is 5.11 Å². The lowest BCUT2D eigenvalue weighted by atomic mass is 10.1. The number of carbonyl (C=O) groups is 1. The summed E-state index contributed by atoms with van der Waals surface area (Å²) in [5.41, 5.74) is 0. The van der Waals surface area contributed by atoms with Crippen molar-refractivity contribution in [1.29, 1.82) is 0 Å². The van der Waals surface area contributed by atoms with Gasteiger partial charge in [-0.1, -0.05) is 19.8 Å². The molecule has 0 amide bonds. The van der Waals surface area contributed by atoms with Gasteiger partial charge >= 0.3 is 5.97 Å². The monoisotopic (exact) mass is 305 g/mol. The van der Waals surface area contributed by atoms with Crippen LogP contribution in [0.15, 0.2) is 15.9 Å². The van der Waals surface area contributed by atoms with Crippen LogP contribution in [0.5, 0.6) is 0 Å². The van der Waals surface area contributed by atoms with E-state index < -0.39 is 12.0 Å². The predicted octanol–water partition coefficient (Wildman–Crippen LogP) is 3.24. The van der Waals surface area contributed by atoms with Crippen LogP contribution in [-0.4, -0.2) is 17.1 Å². The minimum atomic E-state index is -0.760. The number of rotatable bonds is 7. The molecule has 0 aromatic carbocycles. The van der Waals surface area contributed by atoms with Gasteiger partial charge in [-0.3, -0.25) is 10.1 Å². The zero-order valence-electron chi connectivity index (χ0n) is 9.20. The molecule has 0 aliphatic heterocycles. The Kier molecular flexibility index (Phi) is 6.01. The van der Waals surface area contributed by atoms with Crippen LogP contribution in [0.25, 0.3) is 0 Å². The maximum atomic E-state index is 11.0. The van der Waals surface area contributed by atoms with E-state index in [0.29, 0.717) is 13.0 Å². The highest BCUT2D eigenvalue weighted by molar-refractivity contribution is 9.11. The Balaban J connectivity index is 2.40. The number of thiophene rings is 1. The van der Waals surface area contributed by atoms with E-state index in [1.807, 2.05) is 12.1 Å². The van der Waals surface area contributed by atoms with E-state index in [2.05, 4.69) is 28.2 Å². The van der Waals surface area contributed by atoms with E-state index in [-0.39, 0.29) is 0 Å². The number of carboxylic acids is 1. The Morgan fingerprint density at radius 1 is 1.62 bits per heavy atom. The number of unbranched alkanes of at least 4 members (excludes halogenated alkanes) is 1. The Bertz CT molecular complexity index is 340. The van der Waals surface area contributed by atoms with E-state index in [0.717, 1.165) is 21.5 Å². The van der Waals surface area contributed by atoms with Gasteiger partial charge in [-0.2, -0.15) is 0 Å². The van der Waals surface area contributed by atoms with Crippen LogP contribution >= 0.6 is 27.3 Å². The molecule has 0 saturated heterocycles. The third-order valence-electron chi connectivity index (χ3n) is 2.30. The van der Waals surface area contributed by atoms with Crippen molar-refractivity contribution < 1.29 is 9.90 Å². The Hall–Kier alpha value is -0.390. The molecule has 1 heterocycles. The van der Waals surface area contributed by atoms with Gasteiger partial charge in [-0.05, 0) is 34.5 Å². The minimum absolute atomic E-state index is 0.430.